The number of hydrogen-bond acceptors (Lipinski definition) is 4. The van der Waals surface area contributed by atoms with E-state index in [9.17, 15) is 18.0 Å². The van der Waals surface area contributed by atoms with E-state index in [-0.39, 0.29) is 17.5 Å². The van der Waals surface area contributed by atoms with Gasteiger partial charge < -0.3 is 20.1 Å². The molecule has 39 heavy (non-hydrogen) atoms. The maximum atomic E-state index is 12.6. The van der Waals surface area contributed by atoms with Gasteiger partial charge in [-0.25, -0.2) is 9.48 Å². The van der Waals surface area contributed by atoms with Gasteiger partial charge in [0.25, 0.3) is 0 Å². The maximum absolute atomic E-state index is 12.6. The van der Waals surface area contributed by atoms with Crippen LogP contribution in [0.5, 0.6) is 17.4 Å². The lowest BCUT2D eigenvalue weighted by atomic mass is 10.2. The van der Waals surface area contributed by atoms with Crippen LogP contribution in [0.1, 0.15) is 37.9 Å². The molecule has 1 heterocycles. The van der Waals surface area contributed by atoms with Crippen LogP contribution in [-0.2, 0) is 0 Å². The Hall–Kier alpha value is -4.47. The van der Waals surface area contributed by atoms with E-state index in [0.29, 0.717) is 17.3 Å². The molecule has 1 atom stereocenters. The standard InChI is InChI=1S/C29H31F3N4O3/c1-4-6-7-8-9-10-13-23(5-2)36-27(20-21(3)35-36)38-26-15-12-11-14-25(26)34-28(37)33-22-16-18-24(19-17-22)39-29(30,31)32/h5,8-20,23H,2,4,6-7H2,1,3H3,(H2,33,34,37)/b9-8-,13-10-. The Bertz CT molecular complexity index is 1300. The molecule has 1 unspecified atom stereocenters. The number of hydrogen-bond donors (Lipinski definition) is 2. The molecule has 206 valence electrons. The number of ether oxygens (including phenoxy) is 2. The van der Waals surface area contributed by atoms with Gasteiger partial charge in [-0.2, -0.15) is 5.10 Å². The second kappa shape index (κ2) is 13.9. The van der Waals surface area contributed by atoms with E-state index in [0.717, 1.165) is 37.1 Å². The molecule has 0 fully saturated rings. The Labute approximate surface area is 225 Å². The van der Waals surface area contributed by atoms with E-state index >= 15 is 0 Å². The number of alkyl halides is 3. The highest BCUT2D eigenvalue weighted by Gasteiger charge is 2.31. The minimum absolute atomic E-state index is 0.266. The van der Waals surface area contributed by atoms with Crippen molar-refractivity contribution in [2.75, 3.05) is 10.6 Å². The van der Waals surface area contributed by atoms with Crippen LogP contribution in [0.4, 0.5) is 29.3 Å². The smallest absolute Gasteiger partial charge is 0.437 e. The summed E-state index contributed by atoms with van der Waals surface area (Å²) in [7, 11) is 0. The number of unbranched alkanes of at least 4 members (excludes halogenated alkanes) is 2. The molecule has 0 spiro atoms. The fourth-order valence-electron chi connectivity index (χ4n) is 3.51. The van der Waals surface area contributed by atoms with E-state index in [1.165, 1.54) is 12.1 Å². The molecule has 0 radical (unpaired) electrons. The second-order valence-electron chi connectivity index (χ2n) is 8.50. The van der Waals surface area contributed by atoms with Crippen molar-refractivity contribution < 1.29 is 27.4 Å². The molecule has 2 amide bonds. The third-order valence-electron chi connectivity index (χ3n) is 5.32. The summed E-state index contributed by atoms with van der Waals surface area (Å²) in [6, 6.07) is 12.6. The molecule has 7 nitrogen and oxygen atoms in total. The molecular formula is C29H31F3N4O3. The van der Waals surface area contributed by atoms with Crippen LogP contribution in [0.3, 0.4) is 0 Å². The number of anilines is 2. The zero-order valence-corrected chi connectivity index (χ0v) is 21.7. The topological polar surface area (TPSA) is 77.4 Å². The number of carbonyl (C=O) groups is 1. The number of carbonyl (C=O) groups excluding carboxylic acids is 1. The van der Waals surface area contributed by atoms with Gasteiger partial charge in [-0.1, -0.05) is 62.3 Å². The SMILES string of the molecule is C=CC(/C=C\C=C/CCCC)n1nc(C)cc1Oc1ccccc1NC(=O)Nc1ccc(OC(F)(F)F)cc1. The number of nitrogens with one attached hydrogen (secondary N) is 2. The second-order valence-corrected chi connectivity index (χ2v) is 8.50. The Morgan fingerprint density at radius 2 is 1.87 bits per heavy atom. The van der Waals surface area contributed by atoms with Crippen molar-refractivity contribution in [2.24, 2.45) is 0 Å². The van der Waals surface area contributed by atoms with Crippen LogP contribution >= 0.6 is 0 Å². The summed E-state index contributed by atoms with van der Waals surface area (Å²) >= 11 is 0. The van der Waals surface area contributed by atoms with E-state index < -0.39 is 12.4 Å². The lowest BCUT2D eigenvalue weighted by Gasteiger charge is -2.16. The molecule has 2 N–H and O–H groups in total. The molecule has 0 bridgehead atoms. The van der Waals surface area contributed by atoms with Crippen molar-refractivity contribution in [2.45, 2.75) is 45.5 Å². The van der Waals surface area contributed by atoms with Crippen molar-refractivity contribution >= 4 is 17.4 Å². The Kier molecular flexibility index (Phi) is 10.4. The molecule has 2 aromatic carbocycles. The largest absolute Gasteiger partial charge is 0.573 e. The number of rotatable bonds is 12. The Balaban J connectivity index is 1.70. The predicted octanol–water partition coefficient (Wildman–Crippen LogP) is 8.56. The summed E-state index contributed by atoms with van der Waals surface area (Å²) in [4.78, 5) is 12.6. The summed E-state index contributed by atoms with van der Waals surface area (Å²) in [5.41, 5.74) is 1.39. The van der Waals surface area contributed by atoms with Gasteiger partial charge in [0.1, 0.15) is 5.75 Å². The quantitative estimate of drug-likeness (QED) is 0.137. The molecule has 1 aromatic heterocycles. The van der Waals surface area contributed by atoms with Gasteiger partial charge in [0.15, 0.2) is 5.75 Å². The molecule has 0 saturated heterocycles. The first-order valence-electron chi connectivity index (χ1n) is 12.4. The van der Waals surface area contributed by atoms with Crippen molar-refractivity contribution in [1.29, 1.82) is 0 Å². The van der Waals surface area contributed by atoms with Crippen molar-refractivity contribution in [3.63, 3.8) is 0 Å². The van der Waals surface area contributed by atoms with Crippen molar-refractivity contribution in [3.05, 3.63) is 97.3 Å². The number of amides is 2. The Morgan fingerprint density at radius 1 is 1.13 bits per heavy atom. The van der Waals surface area contributed by atoms with Crippen molar-refractivity contribution in [3.8, 4) is 17.4 Å². The van der Waals surface area contributed by atoms with Crippen LogP contribution in [-0.4, -0.2) is 22.2 Å². The minimum Gasteiger partial charge on any atom is -0.437 e. The van der Waals surface area contributed by atoms with Gasteiger partial charge in [-0.15, -0.1) is 19.8 Å². The summed E-state index contributed by atoms with van der Waals surface area (Å²) in [6.45, 7) is 7.92. The number of benzene rings is 2. The van der Waals surface area contributed by atoms with Crippen LogP contribution in [0.25, 0.3) is 0 Å². The monoisotopic (exact) mass is 540 g/mol. The lowest BCUT2D eigenvalue weighted by Crippen LogP contribution is -2.20. The fraction of sp³-hybridized carbons (Fsp3) is 0.241. The average Bonchev–Trinajstić information content (AvgIpc) is 3.24. The van der Waals surface area contributed by atoms with Gasteiger partial charge in [-0.05, 0) is 49.7 Å². The third-order valence-corrected chi connectivity index (χ3v) is 5.32. The summed E-state index contributed by atoms with van der Waals surface area (Å²) < 4.78 is 48.8. The number of urea groups is 1. The van der Waals surface area contributed by atoms with Crippen LogP contribution in [0, 0.1) is 6.92 Å². The first kappa shape index (κ1) is 29.1. The highest BCUT2D eigenvalue weighted by Crippen LogP contribution is 2.32. The fourth-order valence-corrected chi connectivity index (χ4v) is 3.51. The third kappa shape index (κ3) is 9.41. The number of aromatic nitrogens is 2. The van der Waals surface area contributed by atoms with E-state index in [1.807, 2.05) is 25.2 Å². The summed E-state index contributed by atoms with van der Waals surface area (Å²) in [5.74, 6) is 0.431. The zero-order valence-electron chi connectivity index (χ0n) is 21.7. The number of aryl methyl sites for hydroxylation is 1. The number of allylic oxidation sites excluding steroid dienone is 5. The average molecular weight is 541 g/mol. The molecule has 0 saturated carbocycles. The maximum Gasteiger partial charge on any atom is 0.573 e. The van der Waals surface area contributed by atoms with Gasteiger partial charge in [-0.3, -0.25) is 0 Å². The minimum atomic E-state index is -4.79. The van der Waals surface area contributed by atoms with Gasteiger partial charge >= 0.3 is 12.4 Å². The predicted molar refractivity (Wildman–Crippen MR) is 146 cm³/mol. The van der Waals surface area contributed by atoms with E-state index in [2.05, 4.69) is 40.0 Å². The van der Waals surface area contributed by atoms with Crippen LogP contribution < -0.4 is 20.1 Å². The zero-order chi connectivity index (χ0) is 28.3. The molecule has 3 aromatic rings. The molecular weight excluding hydrogens is 509 g/mol. The number of halogens is 3. The van der Waals surface area contributed by atoms with Crippen molar-refractivity contribution in [1.82, 2.24) is 9.78 Å². The number of nitrogens with zero attached hydrogens (tertiary/aromatic N) is 2. The Morgan fingerprint density at radius 3 is 2.56 bits per heavy atom. The molecule has 10 heteroatoms. The van der Waals surface area contributed by atoms with E-state index in [1.54, 1.807) is 41.1 Å². The highest BCUT2D eigenvalue weighted by molar-refractivity contribution is 6.00. The molecule has 3 rings (SSSR count). The normalized spacial score (nSPS) is 12.4. The van der Waals surface area contributed by atoms with Gasteiger partial charge in [0.2, 0.25) is 5.88 Å². The highest BCUT2D eigenvalue weighted by atomic mass is 19.4. The molecule has 0 aliphatic heterocycles. The van der Waals surface area contributed by atoms with Crippen LogP contribution in [0.15, 0.2) is 91.6 Å². The van der Waals surface area contributed by atoms with Crippen LogP contribution in [0.2, 0.25) is 0 Å². The molecule has 0 aliphatic carbocycles. The molecule has 0 aliphatic rings. The summed E-state index contributed by atoms with van der Waals surface area (Å²) in [5, 5.41) is 9.81. The summed E-state index contributed by atoms with van der Waals surface area (Å²) in [6.07, 6.45) is 8.27. The lowest BCUT2D eigenvalue weighted by molar-refractivity contribution is -0.274. The number of para-hydroxylation sites is 2. The first-order chi connectivity index (χ1) is 18.7. The van der Waals surface area contributed by atoms with Gasteiger partial charge in [0, 0.05) is 11.8 Å². The first-order valence-corrected chi connectivity index (χ1v) is 12.4. The van der Waals surface area contributed by atoms with E-state index in [4.69, 9.17) is 4.74 Å². The van der Waals surface area contributed by atoms with Gasteiger partial charge in [0.05, 0.1) is 17.4 Å².